The van der Waals surface area contributed by atoms with E-state index in [0.29, 0.717) is 29.7 Å². The van der Waals surface area contributed by atoms with Crippen LogP contribution in [0.15, 0.2) is 24.7 Å². The minimum absolute atomic E-state index is 0.421. The Bertz CT molecular complexity index is 787. The molecule has 1 saturated heterocycles. The Balaban J connectivity index is 1.75. The predicted molar refractivity (Wildman–Crippen MR) is 95.6 cm³/mol. The summed E-state index contributed by atoms with van der Waals surface area (Å²) in [6.45, 7) is 2.49. The first-order chi connectivity index (χ1) is 12.6. The van der Waals surface area contributed by atoms with Gasteiger partial charge in [0.1, 0.15) is 18.0 Å². The van der Waals surface area contributed by atoms with Crippen LogP contribution in [0.1, 0.15) is 18.7 Å². The van der Waals surface area contributed by atoms with Crippen molar-refractivity contribution in [3.63, 3.8) is 0 Å². The lowest BCUT2D eigenvalue weighted by atomic mass is 9.98. The maximum atomic E-state index is 12.4. The number of aromatic nitrogens is 4. The summed E-state index contributed by atoms with van der Waals surface area (Å²) in [5.74, 6) is 1.74. The van der Waals surface area contributed by atoms with Crippen LogP contribution in [0.5, 0.6) is 0 Å². The lowest BCUT2D eigenvalue weighted by molar-refractivity contribution is -0.124. The Hall–Kier alpha value is -2.68. The lowest BCUT2D eigenvalue weighted by Crippen LogP contribution is -2.42. The van der Waals surface area contributed by atoms with Gasteiger partial charge in [0.2, 0.25) is 5.71 Å². The minimum atomic E-state index is -2.69. The molecule has 0 aromatic carbocycles. The standard InChI is InChI=1S/C17H21F2N7/c18-17(19)12(21)3-4-15-22-8-14(25-15)13-6-16(24-10-23-13)26-5-1-2-11(7-20)9-26/h3-4,6,8,10-11,17,21H,1-2,5,7,9,20H2,(H,22,25)/p+1/b4-3-,21-12?. The fraction of sp³-hybridized carbons (Fsp3) is 0.412. The maximum Gasteiger partial charge on any atom is 0.320 e. The summed E-state index contributed by atoms with van der Waals surface area (Å²) in [7, 11) is 0. The van der Waals surface area contributed by atoms with Crippen molar-refractivity contribution in [3.05, 3.63) is 30.5 Å². The number of hydrogen-bond donors (Lipinski definition) is 3. The fourth-order valence-electron chi connectivity index (χ4n) is 2.93. The number of hydrogen-bond acceptors (Lipinski definition) is 5. The molecule has 138 valence electrons. The molecule has 0 spiro atoms. The van der Waals surface area contributed by atoms with Crippen LogP contribution >= 0.6 is 0 Å². The van der Waals surface area contributed by atoms with Crippen molar-refractivity contribution in [3.8, 4) is 11.4 Å². The Morgan fingerprint density at radius 2 is 2.27 bits per heavy atom. The van der Waals surface area contributed by atoms with Gasteiger partial charge in [0.15, 0.2) is 0 Å². The number of aromatic amines is 1. The normalized spacial score (nSPS) is 18.0. The van der Waals surface area contributed by atoms with Gasteiger partial charge in [0.25, 0.3) is 0 Å². The highest BCUT2D eigenvalue weighted by Crippen LogP contribution is 2.24. The quantitative estimate of drug-likeness (QED) is 0.649. The summed E-state index contributed by atoms with van der Waals surface area (Å²) >= 11 is 0. The number of anilines is 1. The van der Waals surface area contributed by atoms with E-state index in [2.05, 4.69) is 24.8 Å². The van der Waals surface area contributed by atoms with Gasteiger partial charge in [0, 0.05) is 25.2 Å². The van der Waals surface area contributed by atoms with Gasteiger partial charge in [-0.1, -0.05) is 0 Å². The molecular weight excluding hydrogens is 340 g/mol. The number of halogens is 2. The van der Waals surface area contributed by atoms with Crippen molar-refractivity contribution in [2.24, 2.45) is 11.7 Å². The van der Waals surface area contributed by atoms with Crippen LogP contribution < -0.4 is 16.0 Å². The zero-order valence-electron chi connectivity index (χ0n) is 14.3. The molecule has 0 bridgehead atoms. The molecule has 1 fully saturated rings. The van der Waals surface area contributed by atoms with Crippen molar-refractivity contribution >= 4 is 17.6 Å². The van der Waals surface area contributed by atoms with Gasteiger partial charge in [-0.05, 0) is 31.4 Å². The average molecular weight is 362 g/mol. The lowest BCUT2D eigenvalue weighted by Gasteiger charge is -2.33. The van der Waals surface area contributed by atoms with Crippen molar-refractivity contribution < 1.29 is 14.2 Å². The molecule has 26 heavy (non-hydrogen) atoms. The zero-order valence-corrected chi connectivity index (χ0v) is 14.3. The number of imidazole rings is 1. The van der Waals surface area contributed by atoms with Crippen molar-refractivity contribution in [1.29, 1.82) is 0 Å². The predicted octanol–water partition coefficient (Wildman–Crippen LogP) is 0.520. The summed E-state index contributed by atoms with van der Waals surface area (Å²) in [6.07, 6.45) is 5.19. The molecule has 0 radical (unpaired) electrons. The smallest absolute Gasteiger partial charge is 0.320 e. The summed E-state index contributed by atoms with van der Waals surface area (Å²) in [5, 5.41) is 5.21. The summed E-state index contributed by atoms with van der Waals surface area (Å²) < 4.78 is 24.8. The Morgan fingerprint density at radius 3 is 3.04 bits per heavy atom. The van der Waals surface area contributed by atoms with Gasteiger partial charge in [-0.2, -0.15) is 8.78 Å². The van der Waals surface area contributed by atoms with E-state index in [4.69, 9.17) is 11.1 Å². The van der Waals surface area contributed by atoms with E-state index in [1.54, 1.807) is 6.20 Å². The number of H-pyrrole nitrogens is 1. The highest BCUT2D eigenvalue weighted by molar-refractivity contribution is 5.95. The molecule has 3 rings (SSSR count). The van der Waals surface area contributed by atoms with Gasteiger partial charge in [-0.25, -0.2) is 15.0 Å². The van der Waals surface area contributed by atoms with E-state index >= 15 is 0 Å². The van der Waals surface area contributed by atoms with Crippen LogP contribution in [0.25, 0.3) is 17.5 Å². The first-order valence-corrected chi connectivity index (χ1v) is 8.47. The maximum absolute atomic E-state index is 12.4. The topological polar surface area (TPSA) is 109 Å². The van der Waals surface area contributed by atoms with E-state index in [1.165, 1.54) is 12.4 Å². The second-order valence-corrected chi connectivity index (χ2v) is 6.27. The number of rotatable bonds is 6. The molecule has 0 amide bonds. The van der Waals surface area contributed by atoms with Gasteiger partial charge in [0.05, 0.1) is 17.6 Å². The highest BCUT2D eigenvalue weighted by Gasteiger charge is 2.20. The summed E-state index contributed by atoms with van der Waals surface area (Å²) in [4.78, 5) is 18.0. The molecule has 2 aromatic rings. The third-order valence-corrected chi connectivity index (χ3v) is 4.39. The molecule has 0 saturated carbocycles. The SMILES string of the molecule is NCC1CCCN(c2cc(-c3cnc(/C=C\C(=[NH2+])C(F)F)[nH]3)ncn2)C1. The van der Waals surface area contributed by atoms with E-state index < -0.39 is 12.1 Å². The van der Waals surface area contributed by atoms with Crippen LogP contribution in [0.3, 0.4) is 0 Å². The number of piperidine rings is 1. The monoisotopic (exact) mass is 362 g/mol. The summed E-state index contributed by atoms with van der Waals surface area (Å²) in [6, 6.07) is 1.89. The molecule has 5 N–H and O–H groups in total. The molecule has 0 aliphatic carbocycles. The molecule has 2 aromatic heterocycles. The second-order valence-electron chi connectivity index (χ2n) is 6.27. The Morgan fingerprint density at radius 1 is 1.42 bits per heavy atom. The van der Waals surface area contributed by atoms with Gasteiger partial charge < -0.3 is 15.6 Å². The number of alkyl halides is 2. The average Bonchev–Trinajstić information content (AvgIpc) is 3.15. The number of nitrogens with two attached hydrogens (primary N) is 2. The van der Waals surface area contributed by atoms with Gasteiger partial charge in [-0.15, -0.1) is 0 Å². The van der Waals surface area contributed by atoms with E-state index in [9.17, 15) is 8.78 Å². The van der Waals surface area contributed by atoms with Crippen LogP contribution in [0, 0.1) is 5.92 Å². The molecule has 9 heteroatoms. The van der Waals surface area contributed by atoms with E-state index in [-0.39, 0.29) is 0 Å². The highest BCUT2D eigenvalue weighted by atomic mass is 19.3. The molecule has 1 atom stereocenters. The molecule has 7 nitrogen and oxygen atoms in total. The van der Waals surface area contributed by atoms with Crippen LogP contribution in [-0.4, -0.2) is 51.7 Å². The number of nitrogens with one attached hydrogen (secondary N) is 1. The van der Waals surface area contributed by atoms with Crippen molar-refractivity contribution in [2.45, 2.75) is 19.3 Å². The first-order valence-electron chi connectivity index (χ1n) is 8.47. The second kappa shape index (κ2) is 8.13. The Labute approximate surface area is 149 Å². The molecular formula is C17H22F2N7+. The molecule has 1 unspecified atom stereocenters. The van der Waals surface area contributed by atoms with Crippen LogP contribution in [0.2, 0.25) is 0 Å². The van der Waals surface area contributed by atoms with Gasteiger partial charge >= 0.3 is 6.43 Å². The zero-order chi connectivity index (χ0) is 18.5. The number of allylic oxidation sites excluding steroid dienone is 1. The number of nitrogens with zero attached hydrogens (tertiary/aromatic N) is 4. The van der Waals surface area contributed by atoms with E-state index in [0.717, 1.165) is 37.8 Å². The van der Waals surface area contributed by atoms with Crippen LogP contribution in [-0.2, 0) is 0 Å². The van der Waals surface area contributed by atoms with Crippen LogP contribution in [0.4, 0.5) is 14.6 Å². The first kappa shape index (κ1) is 18.1. The summed E-state index contributed by atoms with van der Waals surface area (Å²) in [5.41, 5.74) is 6.65. The molecule has 1 aliphatic heterocycles. The third-order valence-electron chi connectivity index (χ3n) is 4.39. The minimum Gasteiger partial charge on any atom is -0.356 e. The third kappa shape index (κ3) is 4.29. The molecule has 1 aliphatic rings. The van der Waals surface area contributed by atoms with Gasteiger partial charge in [-0.3, -0.25) is 5.41 Å². The largest absolute Gasteiger partial charge is 0.356 e. The fourth-order valence-corrected chi connectivity index (χ4v) is 2.93. The molecule has 3 heterocycles. The van der Waals surface area contributed by atoms with Crippen molar-refractivity contribution in [2.75, 3.05) is 24.5 Å². The Kier molecular flexibility index (Phi) is 5.67. The van der Waals surface area contributed by atoms with E-state index in [1.807, 2.05) is 6.07 Å². The van der Waals surface area contributed by atoms with Crippen molar-refractivity contribution in [1.82, 2.24) is 19.9 Å².